The molecule has 0 aromatic carbocycles. The van der Waals surface area contributed by atoms with E-state index in [0.717, 1.165) is 25.7 Å². The first-order valence-corrected chi connectivity index (χ1v) is 29.3. The number of rotatable bonds is 2. The maximum atomic E-state index is 12.4. The van der Waals surface area contributed by atoms with E-state index < -0.39 is 84.6 Å². The number of hydrogen-bond acceptors (Lipinski definition) is 16. The molecule has 0 bridgehead atoms. The zero-order valence-corrected chi connectivity index (χ0v) is 44.9. The van der Waals surface area contributed by atoms with Crippen LogP contribution in [0.3, 0.4) is 0 Å². The number of allylic oxidation sites excluding steroid dienone is 2. The Balaban J connectivity index is 0.686. The number of hydrogen-bond donors (Lipinski definition) is 3. The van der Waals surface area contributed by atoms with Crippen molar-refractivity contribution in [2.24, 2.45) is 23.7 Å². The molecule has 2 unspecified atom stereocenters. The van der Waals surface area contributed by atoms with Crippen molar-refractivity contribution in [3.8, 4) is 0 Å². The first-order chi connectivity index (χ1) is 36.8. The van der Waals surface area contributed by atoms with Gasteiger partial charge in [-0.3, -0.25) is 0 Å². The first-order valence-electron chi connectivity index (χ1n) is 29.3. The average Bonchev–Trinajstić information content (AvgIpc) is 3.62. The van der Waals surface area contributed by atoms with E-state index in [2.05, 4.69) is 64.7 Å². The SMILES string of the molecule is C=C/C=C/[C@H]1C=CC[C@@H]2O[C@@H]3C[C@@H]4O[C@@H]5C=CC6O[C@@H]7C[C@@H](O)[C@]8(C)O[C@@H]9C[C@H](C)C[C@@H]%10O[C@@H]%11[C@@H](C)[C@H](O)[C@@H]%12O[C@@]%13(CCCO%13)[C@@H](C)[C@H](C)[C@H]%12O[C@H]%11C[C@H]%10O[C@H]9C[C@H]8O[C@H]7C/C=C/CC6O[C@H]5C=C[C@H]4O[C@H]3[C@H](O)[C@H]2O1. The lowest BCUT2D eigenvalue weighted by atomic mass is 9.76. The highest BCUT2D eigenvalue weighted by atomic mass is 16.7. The van der Waals surface area contributed by atoms with Crippen molar-refractivity contribution in [2.75, 3.05) is 6.61 Å². The minimum Gasteiger partial charge on any atom is -0.390 e. The van der Waals surface area contributed by atoms with Gasteiger partial charge in [0, 0.05) is 43.9 Å². The average molecular weight is 1060 g/mol. The van der Waals surface area contributed by atoms with Gasteiger partial charge >= 0.3 is 0 Å². The Kier molecular flexibility index (Phi) is 14.9. The fraction of sp³-hybridized carbons (Fsp3) is 0.800. The number of ether oxygens (including phenoxy) is 13. The van der Waals surface area contributed by atoms with Gasteiger partial charge in [-0.1, -0.05) is 101 Å². The Bertz CT molecular complexity index is 2230. The van der Waals surface area contributed by atoms with Crippen molar-refractivity contribution in [1.82, 2.24) is 0 Å². The monoisotopic (exact) mass is 1060 g/mol. The highest BCUT2D eigenvalue weighted by Crippen LogP contribution is 2.52. The molecule has 13 rings (SSSR count). The zero-order chi connectivity index (χ0) is 52.2. The second-order valence-corrected chi connectivity index (χ2v) is 25.1. The minimum atomic E-state index is -1.01. The molecule has 0 amide bonds. The molecule has 1 spiro atoms. The lowest BCUT2D eigenvalue weighted by Crippen LogP contribution is -2.63. The Labute approximate surface area is 448 Å². The van der Waals surface area contributed by atoms with Crippen LogP contribution in [0.4, 0.5) is 0 Å². The third-order valence-corrected chi connectivity index (χ3v) is 20.3. The van der Waals surface area contributed by atoms with Crippen molar-refractivity contribution in [1.29, 1.82) is 0 Å². The molecule has 13 heterocycles. The highest BCUT2D eigenvalue weighted by Gasteiger charge is 2.62. The van der Waals surface area contributed by atoms with Gasteiger partial charge < -0.3 is 76.9 Å². The smallest absolute Gasteiger partial charge is 0.171 e. The molecule has 0 radical (unpaired) electrons. The fourth-order valence-corrected chi connectivity index (χ4v) is 15.8. The van der Waals surface area contributed by atoms with E-state index in [0.29, 0.717) is 51.6 Å². The summed E-state index contributed by atoms with van der Waals surface area (Å²) in [7, 11) is 0. The quantitative estimate of drug-likeness (QED) is 0.222. The van der Waals surface area contributed by atoms with E-state index in [1.54, 1.807) is 6.08 Å². The van der Waals surface area contributed by atoms with E-state index in [1.165, 1.54) is 0 Å². The third-order valence-electron chi connectivity index (χ3n) is 20.3. The summed E-state index contributed by atoms with van der Waals surface area (Å²) in [5, 5.41) is 36.2. The molecule has 3 N–H and O–H groups in total. The number of fused-ring (bicyclic) bond motifs is 11. The number of aliphatic hydroxyl groups excluding tert-OH is 3. The molecule has 31 atom stereocenters. The Hall–Kier alpha value is -2.20. The zero-order valence-electron chi connectivity index (χ0n) is 44.9. The molecule has 420 valence electrons. The second kappa shape index (κ2) is 21.3. The molecule has 76 heavy (non-hydrogen) atoms. The van der Waals surface area contributed by atoms with Gasteiger partial charge in [0.05, 0.1) is 110 Å². The topological polar surface area (TPSA) is 181 Å². The van der Waals surface area contributed by atoms with E-state index in [9.17, 15) is 15.3 Å². The molecule has 13 aliphatic heterocycles. The molecule has 0 saturated carbocycles. The normalized spacial score (nSPS) is 57.1. The van der Waals surface area contributed by atoms with E-state index >= 15 is 0 Å². The maximum Gasteiger partial charge on any atom is 0.171 e. The van der Waals surface area contributed by atoms with Crippen LogP contribution >= 0.6 is 0 Å². The summed E-state index contributed by atoms with van der Waals surface area (Å²) in [5.74, 6) is -0.482. The van der Waals surface area contributed by atoms with Crippen molar-refractivity contribution in [3.63, 3.8) is 0 Å². The Morgan fingerprint density at radius 3 is 1.92 bits per heavy atom. The summed E-state index contributed by atoms with van der Waals surface area (Å²) in [4.78, 5) is 0. The van der Waals surface area contributed by atoms with Gasteiger partial charge in [-0.15, -0.1) is 0 Å². The third kappa shape index (κ3) is 9.58. The minimum absolute atomic E-state index is 0.0983. The molecular formula is C60H84O16. The predicted octanol–water partition coefficient (Wildman–Crippen LogP) is 5.83. The van der Waals surface area contributed by atoms with Crippen molar-refractivity contribution in [2.45, 2.75) is 269 Å². The standard InChI is InChI=1S/C60H84O16/c1-7-8-13-34-14-11-17-41-56(65-34)53(63)57-49(69-41)26-43-40(72-57)21-20-38-39(67-43)19-18-37-35(66-38)15-9-10-16-36-45(68-37)28-50(61)59(6)51(71-36)29-46-47(75-59)25-30(2)24-42-44(70-46)27-48-54(73-42)32(4)52(62)58-55(74-48)31(3)33(5)60(76-58)22-12-23-64-60/h7-11,13-14,18-21,30-58,61-63H,1,12,15-17,22-29H2,2-6H3/b10-9+,13-8+/t30-,31+,32+,33+,34+,35?,36+,37?,38+,39-,40-,41+,42+,43+,44-,45-,46+,47-,48+,49-,50-,51-,52+,53-,54-,55-,56+,57-,58+,59+,60+/m1/s1. The van der Waals surface area contributed by atoms with Gasteiger partial charge in [0.25, 0.3) is 0 Å². The Morgan fingerprint density at radius 2 is 1.13 bits per heavy atom. The van der Waals surface area contributed by atoms with Gasteiger partial charge in [-0.25, -0.2) is 0 Å². The van der Waals surface area contributed by atoms with Crippen molar-refractivity contribution >= 4 is 0 Å². The lowest BCUT2D eigenvalue weighted by molar-refractivity contribution is -0.339. The van der Waals surface area contributed by atoms with Crippen LogP contribution in [-0.2, 0) is 61.6 Å². The van der Waals surface area contributed by atoms with Gasteiger partial charge in [0.2, 0.25) is 0 Å². The molecule has 0 aliphatic carbocycles. The van der Waals surface area contributed by atoms with Gasteiger partial charge in [-0.2, -0.15) is 0 Å². The molecule has 16 heteroatoms. The van der Waals surface area contributed by atoms with Crippen LogP contribution in [0.15, 0.2) is 73.4 Å². The van der Waals surface area contributed by atoms with Gasteiger partial charge in [0.1, 0.15) is 54.4 Å². The highest BCUT2D eigenvalue weighted by molar-refractivity contribution is 5.18. The fourth-order valence-electron chi connectivity index (χ4n) is 15.8. The van der Waals surface area contributed by atoms with Crippen LogP contribution in [-0.4, -0.2) is 186 Å². The maximum absolute atomic E-state index is 12.4. The predicted molar refractivity (Wildman–Crippen MR) is 275 cm³/mol. The van der Waals surface area contributed by atoms with Crippen LogP contribution in [0.1, 0.15) is 105 Å². The second-order valence-electron chi connectivity index (χ2n) is 25.1. The van der Waals surface area contributed by atoms with Crippen LogP contribution in [0, 0.1) is 23.7 Å². The Morgan fingerprint density at radius 1 is 0.500 bits per heavy atom. The molecular weight excluding hydrogens is 977 g/mol. The van der Waals surface area contributed by atoms with Crippen molar-refractivity contribution in [3.05, 3.63) is 73.4 Å². The summed E-state index contributed by atoms with van der Waals surface area (Å²) >= 11 is 0. The van der Waals surface area contributed by atoms with E-state index in [4.69, 9.17) is 61.6 Å². The van der Waals surface area contributed by atoms with Crippen LogP contribution < -0.4 is 0 Å². The van der Waals surface area contributed by atoms with E-state index in [-0.39, 0.29) is 103 Å². The van der Waals surface area contributed by atoms with Gasteiger partial charge in [-0.05, 0) is 57.3 Å². The molecule has 16 nitrogen and oxygen atoms in total. The first kappa shape index (κ1) is 53.1. The molecule has 9 fully saturated rings. The largest absolute Gasteiger partial charge is 0.390 e. The summed E-state index contributed by atoms with van der Waals surface area (Å²) in [6.07, 6.45) is 18.3. The van der Waals surface area contributed by atoms with Crippen LogP contribution in [0.2, 0.25) is 0 Å². The molecule has 0 aromatic heterocycles. The summed E-state index contributed by atoms with van der Waals surface area (Å²) in [6, 6.07) is 0. The van der Waals surface area contributed by atoms with Gasteiger partial charge in [0.15, 0.2) is 5.79 Å². The van der Waals surface area contributed by atoms with E-state index in [1.807, 2.05) is 37.3 Å². The molecule has 0 aromatic rings. The van der Waals surface area contributed by atoms with Crippen LogP contribution in [0.5, 0.6) is 0 Å². The molecule has 9 saturated heterocycles. The lowest BCUT2D eigenvalue weighted by Gasteiger charge is -2.53. The van der Waals surface area contributed by atoms with Crippen LogP contribution in [0.25, 0.3) is 0 Å². The molecule has 13 aliphatic rings. The summed E-state index contributed by atoms with van der Waals surface area (Å²) < 4.78 is 89.5. The van der Waals surface area contributed by atoms with Crippen molar-refractivity contribution < 1.29 is 76.9 Å². The summed E-state index contributed by atoms with van der Waals surface area (Å²) in [6.45, 7) is 15.2. The number of aliphatic hydroxyl groups is 3. The summed E-state index contributed by atoms with van der Waals surface area (Å²) in [5.41, 5.74) is -1.01.